The first-order chi connectivity index (χ1) is 14.1. The Kier molecular flexibility index (Phi) is 5.37. The highest BCUT2D eigenvalue weighted by Crippen LogP contribution is 2.17. The molecule has 0 spiro atoms. The molecule has 29 heavy (non-hydrogen) atoms. The average Bonchev–Trinajstić information content (AvgIpc) is 3.19. The number of para-hydroxylation sites is 1. The standard InChI is InChI=1S/C20H21FN6O2/c1-15-6-7-27(24-15)19-12-18(22-14-23-19)25-8-10-26(11-9-25)20(28)13-29-17-5-3-2-4-16(17)21/h2-7,12,14H,8-11,13H2,1H3. The summed E-state index contributed by atoms with van der Waals surface area (Å²) in [5, 5.41) is 4.37. The van der Waals surface area contributed by atoms with Crippen LogP contribution in [0.4, 0.5) is 10.2 Å². The molecule has 4 rings (SSSR count). The number of piperazine rings is 1. The third kappa shape index (κ3) is 4.34. The lowest BCUT2D eigenvalue weighted by atomic mass is 10.3. The van der Waals surface area contributed by atoms with Crippen molar-refractivity contribution in [2.45, 2.75) is 6.92 Å². The van der Waals surface area contributed by atoms with Gasteiger partial charge in [-0.05, 0) is 25.1 Å². The maximum absolute atomic E-state index is 13.6. The fourth-order valence-electron chi connectivity index (χ4n) is 3.16. The minimum absolute atomic E-state index is 0.0851. The summed E-state index contributed by atoms with van der Waals surface area (Å²) in [6, 6.07) is 9.85. The summed E-state index contributed by atoms with van der Waals surface area (Å²) in [5.41, 5.74) is 0.912. The zero-order chi connectivity index (χ0) is 20.2. The van der Waals surface area contributed by atoms with Gasteiger partial charge in [-0.15, -0.1) is 0 Å². The zero-order valence-corrected chi connectivity index (χ0v) is 16.0. The van der Waals surface area contributed by atoms with Gasteiger partial charge in [0, 0.05) is 38.4 Å². The molecule has 0 saturated carbocycles. The van der Waals surface area contributed by atoms with Crippen LogP contribution >= 0.6 is 0 Å². The van der Waals surface area contributed by atoms with E-state index in [0.29, 0.717) is 32.0 Å². The average molecular weight is 396 g/mol. The summed E-state index contributed by atoms with van der Waals surface area (Å²) in [5.74, 6) is 0.931. The quantitative estimate of drug-likeness (QED) is 0.655. The Labute approximate surface area is 167 Å². The molecule has 0 N–H and O–H groups in total. The maximum Gasteiger partial charge on any atom is 0.260 e. The number of amides is 1. The van der Waals surface area contributed by atoms with E-state index in [-0.39, 0.29) is 18.3 Å². The van der Waals surface area contributed by atoms with E-state index >= 15 is 0 Å². The van der Waals surface area contributed by atoms with Gasteiger partial charge < -0.3 is 14.5 Å². The van der Waals surface area contributed by atoms with Gasteiger partial charge in [-0.25, -0.2) is 19.0 Å². The molecule has 0 radical (unpaired) electrons. The number of ether oxygens (including phenoxy) is 1. The van der Waals surface area contributed by atoms with Gasteiger partial charge in [-0.2, -0.15) is 5.10 Å². The number of hydrogen-bond acceptors (Lipinski definition) is 6. The summed E-state index contributed by atoms with van der Waals surface area (Å²) in [4.78, 5) is 24.8. The van der Waals surface area contributed by atoms with Crippen LogP contribution in [0.15, 0.2) is 48.9 Å². The molecule has 0 bridgehead atoms. The number of anilines is 1. The molecule has 1 saturated heterocycles. The van der Waals surface area contributed by atoms with E-state index in [1.807, 2.05) is 25.3 Å². The monoisotopic (exact) mass is 396 g/mol. The van der Waals surface area contributed by atoms with Crippen LogP contribution in [0, 0.1) is 12.7 Å². The first kappa shape index (κ1) is 18.9. The molecule has 1 fully saturated rings. The van der Waals surface area contributed by atoms with Crippen LogP contribution in [0.3, 0.4) is 0 Å². The van der Waals surface area contributed by atoms with Crippen LogP contribution in [-0.4, -0.2) is 63.3 Å². The van der Waals surface area contributed by atoms with Crippen molar-refractivity contribution in [3.05, 3.63) is 60.4 Å². The molecule has 1 aliphatic rings. The van der Waals surface area contributed by atoms with Crippen molar-refractivity contribution in [3.63, 3.8) is 0 Å². The largest absolute Gasteiger partial charge is 0.481 e. The Morgan fingerprint density at radius 1 is 1.10 bits per heavy atom. The molecule has 0 atom stereocenters. The first-order valence-corrected chi connectivity index (χ1v) is 9.35. The number of carbonyl (C=O) groups is 1. The zero-order valence-electron chi connectivity index (χ0n) is 16.0. The SMILES string of the molecule is Cc1ccn(-c2cc(N3CCN(C(=O)COc4ccccc4F)CC3)ncn2)n1. The van der Waals surface area contributed by atoms with Crippen molar-refractivity contribution in [2.75, 3.05) is 37.7 Å². The third-order valence-electron chi connectivity index (χ3n) is 4.74. The first-order valence-electron chi connectivity index (χ1n) is 9.35. The molecular weight excluding hydrogens is 375 g/mol. The normalized spacial score (nSPS) is 14.1. The molecule has 3 heterocycles. The van der Waals surface area contributed by atoms with Gasteiger partial charge in [0.15, 0.2) is 24.0 Å². The summed E-state index contributed by atoms with van der Waals surface area (Å²) in [6.07, 6.45) is 3.37. The Balaban J connectivity index is 1.33. The van der Waals surface area contributed by atoms with Crippen molar-refractivity contribution >= 4 is 11.7 Å². The van der Waals surface area contributed by atoms with E-state index < -0.39 is 5.82 Å². The highest BCUT2D eigenvalue weighted by molar-refractivity contribution is 5.78. The van der Waals surface area contributed by atoms with E-state index in [0.717, 1.165) is 11.5 Å². The van der Waals surface area contributed by atoms with Crippen molar-refractivity contribution in [2.24, 2.45) is 0 Å². The van der Waals surface area contributed by atoms with E-state index in [1.54, 1.807) is 21.7 Å². The highest BCUT2D eigenvalue weighted by Gasteiger charge is 2.23. The predicted octanol–water partition coefficient (Wildman–Crippen LogP) is 1.84. The number of rotatable bonds is 5. The maximum atomic E-state index is 13.6. The lowest BCUT2D eigenvalue weighted by Crippen LogP contribution is -2.50. The van der Waals surface area contributed by atoms with Gasteiger partial charge in [0.1, 0.15) is 12.1 Å². The molecule has 0 unspecified atom stereocenters. The summed E-state index contributed by atoms with van der Waals surface area (Å²) in [7, 11) is 0. The molecular formula is C20H21FN6O2. The summed E-state index contributed by atoms with van der Waals surface area (Å²) >= 11 is 0. The van der Waals surface area contributed by atoms with Crippen LogP contribution in [0.25, 0.3) is 5.82 Å². The third-order valence-corrected chi connectivity index (χ3v) is 4.74. The fourth-order valence-corrected chi connectivity index (χ4v) is 3.16. The van der Waals surface area contributed by atoms with Crippen molar-refractivity contribution < 1.29 is 13.9 Å². The number of halogens is 1. The van der Waals surface area contributed by atoms with Crippen molar-refractivity contribution in [1.82, 2.24) is 24.6 Å². The Morgan fingerprint density at radius 2 is 1.86 bits per heavy atom. The number of aryl methyl sites for hydroxylation is 1. The molecule has 9 heteroatoms. The lowest BCUT2D eigenvalue weighted by Gasteiger charge is -2.35. The molecule has 2 aromatic heterocycles. The fraction of sp³-hybridized carbons (Fsp3) is 0.300. The van der Waals surface area contributed by atoms with Gasteiger partial charge >= 0.3 is 0 Å². The van der Waals surface area contributed by atoms with Gasteiger partial charge in [0.2, 0.25) is 0 Å². The van der Waals surface area contributed by atoms with Gasteiger partial charge in [-0.3, -0.25) is 4.79 Å². The molecule has 3 aromatic rings. The van der Waals surface area contributed by atoms with Crippen LogP contribution < -0.4 is 9.64 Å². The van der Waals surface area contributed by atoms with Gasteiger partial charge in [0.05, 0.1) is 5.69 Å². The number of aromatic nitrogens is 4. The molecule has 8 nitrogen and oxygen atoms in total. The lowest BCUT2D eigenvalue weighted by molar-refractivity contribution is -0.133. The van der Waals surface area contributed by atoms with E-state index in [4.69, 9.17) is 4.74 Å². The number of benzene rings is 1. The van der Waals surface area contributed by atoms with Crippen LogP contribution in [-0.2, 0) is 4.79 Å². The summed E-state index contributed by atoms with van der Waals surface area (Å²) in [6.45, 7) is 4.10. The molecule has 1 aliphatic heterocycles. The minimum Gasteiger partial charge on any atom is -0.481 e. The molecule has 1 amide bonds. The topological polar surface area (TPSA) is 76.4 Å². The van der Waals surface area contributed by atoms with E-state index in [1.165, 1.54) is 18.5 Å². The number of nitrogens with zero attached hydrogens (tertiary/aromatic N) is 6. The molecule has 1 aromatic carbocycles. The van der Waals surface area contributed by atoms with Crippen LogP contribution in [0.5, 0.6) is 5.75 Å². The van der Waals surface area contributed by atoms with Crippen LogP contribution in [0.2, 0.25) is 0 Å². The van der Waals surface area contributed by atoms with E-state index in [2.05, 4.69) is 20.0 Å². The Morgan fingerprint density at radius 3 is 2.59 bits per heavy atom. The molecule has 150 valence electrons. The Hall–Kier alpha value is -3.49. The minimum atomic E-state index is -0.475. The second-order valence-electron chi connectivity index (χ2n) is 6.72. The van der Waals surface area contributed by atoms with Gasteiger partial charge in [-0.1, -0.05) is 12.1 Å². The summed E-state index contributed by atoms with van der Waals surface area (Å²) < 4.78 is 20.6. The van der Waals surface area contributed by atoms with Crippen LogP contribution in [0.1, 0.15) is 5.69 Å². The highest BCUT2D eigenvalue weighted by atomic mass is 19.1. The van der Waals surface area contributed by atoms with Crippen molar-refractivity contribution in [1.29, 1.82) is 0 Å². The number of hydrogen-bond donors (Lipinski definition) is 0. The second kappa shape index (κ2) is 8.26. The van der Waals surface area contributed by atoms with Gasteiger partial charge in [0.25, 0.3) is 5.91 Å². The molecule has 0 aliphatic carbocycles. The predicted molar refractivity (Wildman–Crippen MR) is 105 cm³/mol. The van der Waals surface area contributed by atoms with E-state index in [9.17, 15) is 9.18 Å². The Bertz CT molecular complexity index is 1000. The van der Waals surface area contributed by atoms with Crippen molar-refractivity contribution in [3.8, 4) is 11.6 Å². The smallest absolute Gasteiger partial charge is 0.260 e. The second-order valence-corrected chi connectivity index (χ2v) is 6.72. The number of carbonyl (C=O) groups excluding carboxylic acids is 1.